The summed E-state index contributed by atoms with van der Waals surface area (Å²) in [6.45, 7) is 2.68. The molecule has 1 nitrogen and oxygen atoms in total. The van der Waals surface area contributed by atoms with Crippen LogP contribution >= 0.6 is 0 Å². The highest BCUT2D eigenvalue weighted by molar-refractivity contribution is 5.64. The van der Waals surface area contributed by atoms with Gasteiger partial charge in [-0.1, -0.05) is 62.6 Å². The van der Waals surface area contributed by atoms with E-state index in [4.69, 9.17) is 4.74 Å². The second kappa shape index (κ2) is 13.3. The lowest BCUT2D eigenvalue weighted by atomic mass is 9.91. The van der Waals surface area contributed by atoms with E-state index in [0.29, 0.717) is 17.9 Å². The van der Waals surface area contributed by atoms with Gasteiger partial charge in [-0.2, -0.15) is 57.1 Å². The van der Waals surface area contributed by atoms with Crippen LogP contribution in [0.15, 0.2) is 48.5 Å². The molecule has 0 fully saturated rings. The van der Waals surface area contributed by atoms with Gasteiger partial charge in [0.1, 0.15) is 5.75 Å². The molecule has 0 saturated heterocycles. The SMILES string of the molecule is CCCCCCOc1ccc(-c2ccc(CCCCC(F)(F)C(F)(F)C(F)(F)C(F)(F)C(F)(F)C(F)(F)F)cc2)cc1. The summed E-state index contributed by atoms with van der Waals surface area (Å²) >= 11 is 0. The third kappa shape index (κ3) is 7.45. The van der Waals surface area contributed by atoms with E-state index in [2.05, 4.69) is 6.92 Å². The molecule has 0 radical (unpaired) electrons. The number of unbranched alkanes of at least 4 members (excludes halogenated alkanes) is 4. The summed E-state index contributed by atoms with van der Waals surface area (Å²) in [6, 6.07) is 13.7. The molecule has 0 atom stereocenters. The smallest absolute Gasteiger partial charge is 0.460 e. The molecule has 0 amide bonds. The molecular weight excluding hydrogens is 599 g/mol. The van der Waals surface area contributed by atoms with E-state index in [1.165, 1.54) is 0 Å². The van der Waals surface area contributed by atoms with E-state index in [1.807, 2.05) is 12.1 Å². The van der Waals surface area contributed by atoms with Gasteiger partial charge in [-0.15, -0.1) is 0 Å². The standard InChI is InChI=1S/C28H29F13O/c1-2-3-4-7-18-42-22-15-13-21(14-16-22)20-11-9-19(10-12-20)8-5-6-17-23(29,30)24(31,32)25(33,34)26(35,36)27(37,38)28(39,40)41/h9-16H,2-8,17-18H2,1H3. The van der Waals surface area contributed by atoms with Crippen LogP contribution < -0.4 is 4.74 Å². The zero-order chi connectivity index (χ0) is 32.0. The molecule has 0 unspecified atom stereocenters. The number of aryl methyl sites for hydroxylation is 1. The average Bonchev–Trinajstić information content (AvgIpc) is 2.90. The largest absolute Gasteiger partial charge is 0.494 e. The second-order valence-corrected chi connectivity index (χ2v) is 9.84. The van der Waals surface area contributed by atoms with Crippen molar-refractivity contribution in [1.82, 2.24) is 0 Å². The maximum Gasteiger partial charge on any atom is 0.460 e. The second-order valence-electron chi connectivity index (χ2n) is 9.84. The minimum atomic E-state index is -7.87. The third-order valence-electron chi connectivity index (χ3n) is 6.61. The van der Waals surface area contributed by atoms with Crippen molar-refractivity contribution in [2.24, 2.45) is 0 Å². The number of rotatable bonds is 16. The number of halogens is 13. The van der Waals surface area contributed by atoms with Crippen molar-refractivity contribution >= 4 is 0 Å². The number of hydrogen-bond donors (Lipinski definition) is 0. The van der Waals surface area contributed by atoms with Crippen molar-refractivity contribution in [2.75, 3.05) is 6.61 Å². The van der Waals surface area contributed by atoms with E-state index in [0.717, 1.165) is 36.8 Å². The van der Waals surface area contributed by atoms with Crippen molar-refractivity contribution in [3.63, 3.8) is 0 Å². The highest BCUT2D eigenvalue weighted by Crippen LogP contribution is 2.60. The lowest BCUT2D eigenvalue weighted by molar-refractivity contribution is -0.440. The summed E-state index contributed by atoms with van der Waals surface area (Å²) in [5, 5.41) is 0. The van der Waals surface area contributed by atoms with Gasteiger partial charge in [-0.3, -0.25) is 0 Å². The van der Waals surface area contributed by atoms with Crippen molar-refractivity contribution in [1.29, 1.82) is 0 Å². The first-order chi connectivity index (χ1) is 19.2. The van der Waals surface area contributed by atoms with Gasteiger partial charge in [0.2, 0.25) is 0 Å². The van der Waals surface area contributed by atoms with Crippen LogP contribution in [-0.4, -0.2) is 42.4 Å². The number of hydrogen-bond acceptors (Lipinski definition) is 1. The van der Waals surface area contributed by atoms with Gasteiger partial charge < -0.3 is 4.74 Å². The Bertz CT molecular complexity index is 1110. The van der Waals surface area contributed by atoms with Crippen molar-refractivity contribution in [2.45, 2.75) is 94.1 Å². The molecule has 238 valence electrons. The van der Waals surface area contributed by atoms with Crippen LogP contribution in [0.5, 0.6) is 5.75 Å². The Labute approximate surface area is 234 Å². The molecule has 0 bridgehead atoms. The third-order valence-corrected chi connectivity index (χ3v) is 6.61. The van der Waals surface area contributed by atoms with Gasteiger partial charge >= 0.3 is 35.8 Å². The highest BCUT2D eigenvalue weighted by atomic mass is 19.4. The summed E-state index contributed by atoms with van der Waals surface area (Å²) in [5.74, 6) is -35.9. The molecule has 0 aromatic heterocycles. The van der Waals surface area contributed by atoms with Gasteiger partial charge in [0.15, 0.2) is 0 Å². The Morgan fingerprint density at radius 2 is 1.02 bits per heavy atom. The van der Waals surface area contributed by atoms with Crippen LogP contribution in [0.3, 0.4) is 0 Å². The van der Waals surface area contributed by atoms with Gasteiger partial charge in [-0.05, 0) is 54.5 Å². The maximum absolute atomic E-state index is 13.9. The average molecular weight is 629 g/mol. The summed E-state index contributed by atoms with van der Waals surface area (Å²) in [7, 11) is 0. The zero-order valence-corrected chi connectivity index (χ0v) is 22.3. The van der Waals surface area contributed by atoms with Crippen LogP contribution in [0.2, 0.25) is 0 Å². The van der Waals surface area contributed by atoms with Gasteiger partial charge in [0.05, 0.1) is 6.61 Å². The monoisotopic (exact) mass is 628 g/mol. The van der Waals surface area contributed by atoms with Crippen LogP contribution in [0.25, 0.3) is 11.1 Å². The normalized spacial score (nSPS) is 13.9. The molecule has 0 spiro atoms. The Hall–Kier alpha value is -2.67. The van der Waals surface area contributed by atoms with Crippen molar-refractivity contribution in [3.8, 4) is 16.9 Å². The Kier molecular flexibility index (Phi) is 11.3. The Morgan fingerprint density at radius 3 is 1.52 bits per heavy atom. The van der Waals surface area contributed by atoms with Crippen LogP contribution in [-0.2, 0) is 6.42 Å². The van der Waals surface area contributed by atoms with E-state index in [1.54, 1.807) is 36.4 Å². The van der Waals surface area contributed by atoms with E-state index in [-0.39, 0.29) is 12.8 Å². The minimum absolute atomic E-state index is 0.0363. The first-order valence-electron chi connectivity index (χ1n) is 13.0. The van der Waals surface area contributed by atoms with E-state index < -0.39 is 48.6 Å². The molecule has 42 heavy (non-hydrogen) atoms. The number of alkyl halides is 13. The molecule has 14 heteroatoms. The minimum Gasteiger partial charge on any atom is -0.494 e. The maximum atomic E-state index is 13.9. The lowest BCUT2D eigenvalue weighted by Gasteiger charge is -2.39. The van der Waals surface area contributed by atoms with Gasteiger partial charge in [0.25, 0.3) is 0 Å². The van der Waals surface area contributed by atoms with Crippen LogP contribution in [0.4, 0.5) is 57.1 Å². The number of ether oxygens (including phenoxy) is 1. The molecule has 0 heterocycles. The lowest BCUT2D eigenvalue weighted by Crippen LogP contribution is -2.70. The molecule has 2 aromatic carbocycles. The van der Waals surface area contributed by atoms with Crippen LogP contribution in [0.1, 0.15) is 57.4 Å². The van der Waals surface area contributed by atoms with Gasteiger partial charge in [-0.25, -0.2) is 0 Å². The molecule has 0 N–H and O–H groups in total. The molecule has 0 aliphatic carbocycles. The quantitative estimate of drug-likeness (QED) is 0.133. The first kappa shape index (κ1) is 35.5. The summed E-state index contributed by atoms with van der Waals surface area (Å²) < 4.78 is 177. The molecular formula is C28H29F13O. The van der Waals surface area contributed by atoms with Crippen molar-refractivity contribution < 1.29 is 61.8 Å². The Morgan fingerprint density at radius 1 is 0.524 bits per heavy atom. The van der Waals surface area contributed by atoms with E-state index in [9.17, 15) is 57.1 Å². The highest BCUT2D eigenvalue weighted by Gasteiger charge is 2.90. The topological polar surface area (TPSA) is 9.23 Å². The summed E-state index contributed by atoms with van der Waals surface area (Å²) in [6.07, 6.45) is -6.68. The van der Waals surface area contributed by atoms with Crippen LogP contribution in [0, 0.1) is 0 Å². The molecule has 0 aliphatic heterocycles. The van der Waals surface area contributed by atoms with Gasteiger partial charge in [0, 0.05) is 6.42 Å². The molecule has 0 saturated carbocycles. The van der Waals surface area contributed by atoms with Crippen molar-refractivity contribution in [3.05, 3.63) is 54.1 Å². The molecule has 2 rings (SSSR count). The summed E-state index contributed by atoms with van der Waals surface area (Å²) in [4.78, 5) is 0. The molecule has 2 aromatic rings. The van der Waals surface area contributed by atoms with E-state index >= 15 is 0 Å². The fourth-order valence-electron chi connectivity index (χ4n) is 3.96. The fourth-order valence-corrected chi connectivity index (χ4v) is 3.96. The fraction of sp³-hybridized carbons (Fsp3) is 0.571. The number of benzene rings is 2. The molecule has 0 aliphatic rings. The Balaban J connectivity index is 1.95. The predicted molar refractivity (Wildman–Crippen MR) is 130 cm³/mol. The summed E-state index contributed by atoms with van der Waals surface area (Å²) in [5.41, 5.74) is 2.09. The first-order valence-corrected chi connectivity index (χ1v) is 13.0. The predicted octanol–water partition coefficient (Wildman–Crippen LogP) is 10.8. The zero-order valence-electron chi connectivity index (χ0n) is 22.3.